The fourth-order valence-corrected chi connectivity index (χ4v) is 1.59. The Morgan fingerprint density at radius 2 is 2.00 bits per heavy atom. The van der Waals surface area contributed by atoms with E-state index in [1.54, 1.807) is 18.2 Å². The van der Waals surface area contributed by atoms with Crippen LogP contribution >= 0.6 is 0 Å². The molecule has 1 aromatic rings. The molecule has 1 aromatic carbocycles. The van der Waals surface area contributed by atoms with E-state index >= 15 is 0 Å². The van der Waals surface area contributed by atoms with Gasteiger partial charge in [0, 0.05) is 6.42 Å². The molecular weight excluding hydrogens is 216 g/mol. The average molecular weight is 229 g/mol. The molecule has 1 aliphatic rings. The summed E-state index contributed by atoms with van der Waals surface area (Å²) in [6, 6.07) is 5.98. The maximum atomic E-state index is 12.3. The summed E-state index contributed by atoms with van der Waals surface area (Å²) in [4.78, 5) is 0. The Bertz CT molecular complexity index is 360. The van der Waals surface area contributed by atoms with Crippen LogP contribution in [0.25, 0.3) is 0 Å². The van der Waals surface area contributed by atoms with Crippen molar-refractivity contribution in [2.24, 2.45) is 5.73 Å². The van der Waals surface area contributed by atoms with E-state index in [9.17, 15) is 8.78 Å². The van der Waals surface area contributed by atoms with Crippen LogP contribution in [0.5, 0.6) is 11.5 Å². The molecule has 0 saturated heterocycles. The van der Waals surface area contributed by atoms with E-state index in [2.05, 4.69) is 0 Å². The largest absolute Gasteiger partial charge is 0.486 e. The highest BCUT2D eigenvalue weighted by Crippen LogP contribution is 2.31. The fourth-order valence-electron chi connectivity index (χ4n) is 1.59. The first-order chi connectivity index (χ1) is 7.66. The Morgan fingerprint density at radius 3 is 2.69 bits per heavy atom. The lowest BCUT2D eigenvalue weighted by atomic mass is 10.1. The Morgan fingerprint density at radius 1 is 1.31 bits per heavy atom. The fraction of sp³-hybridized carbons (Fsp3) is 0.455. The van der Waals surface area contributed by atoms with Crippen molar-refractivity contribution in [2.45, 2.75) is 25.0 Å². The molecular formula is C11H13F2NO2. The van der Waals surface area contributed by atoms with Crippen LogP contribution in [0.15, 0.2) is 24.3 Å². The third kappa shape index (κ3) is 2.41. The second-order valence-corrected chi connectivity index (χ2v) is 3.73. The number of hydrogen-bond acceptors (Lipinski definition) is 3. The molecule has 0 aliphatic carbocycles. The zero-order chi connectivity index (χ0) is 11.5. The van der Waals surface area contributed by atoms with Gasteiger partial charge in [-0.15, -0.1) is 0 Å². The highest BCUT2D eigenvalue weighted by molar-refractivity contribution is 5.40. The van der Waals surface area contributed by atoms with Crippen molar-refractivity contribution >= 4 is 0 Å². The molecule has 5 heteroatoms. The zero-order valence-corrected chi connectivity index (χ0v) is 8.61. The molecule has 0 amide bonds. The van der Waals surface area contributed by atoms with Crippen molar-refractivity contribution in [1.82, 2.24) is 0 Å². The molecule has 0 bridgehead atoms. The lowest BCUT2D eigenvalue weighted by molar-refractivity contribution is 0.0475. The van der Waals surface area contributed by atoms with Crippen LogP contribution in [0.3, 0.4) is 0 Å². The van der Waals surface area contributed by atoms with Crippen LogP contribution in [-0.4, -0.2) is 25.2 Å². The molecule has 0 aromatic heterocycles. The summed E-state index contributed by atoms with van der Waals surface area (Å²) in [5.74, 6) is 1.23. The minimum Gasteiger partial charge on any atom is -0.486 e. The summed E-state index contributed by atoms with van der Waals surface area (Å²) in [7, 11) is 0. The number of fused-ring (bicyclic) bond motifs is 1. The molecule has 1 heterocycles. The van der Waals surface area contributed by atoms with Gasteiger partial charge in [-0.05, 0) is 12.1 Å². The minimum atomic E-state index is -2.53. The molecule has 3 nitrogen and oxygen atoms in total. The van der Waals surface area contributed by atoms with E-state index in [4.69, 9.17) is 15.2 Å². The summed E-state index contributed by atoms with van der Waals surface area (Å²) >= 11 is 0. The van der Waals surface area contributed by atoms with E-state index < -0.39 is 18.6 Å². The average Bonchev–Trinajstić information content (AvgIpc) is 2.28. The number of halogens is 2. The molecule has 0 saturated carbocycles. The molecule has 88 valence electrons. The normalized spacial score (nSPS) is 20.9. The number of nitrogens with two attached hydrogens (primary N) is 1. The van der Waals surface area contributed by atoms with Gasteiger partial charge in [-0.1, -0.05) is 12.1 Å². The standard InChI is InChI=1S/C11H13F2NO2/c12-11(13)8(14)5-7-6-15-9-3-1-2-4-10(9)16-7/h1-4,7-8,11H,5-6,14H2. The van der Waals surface area contributed by atoms with Crippen LogP contribution in [0.1, 0.15) is 6.42 Å². The van der Waals surface area contributed by atoms with Crippen LogP contribution in [0.4, 0.5) is 8.78 Å². The SMILES string of the molecule is NC(CC1COc2ccccc2O1)C(F)F. The first kappa shape index (κ1) is 11.1. The summed E-state index contributed by atoms with van der Waals surface area (Å²) in [5.41, 5.74) is 5.28. The Hall–Kier alpha value is -1.36. The summed E-state index contributed by atoms with van der Waals surface area (Å²) < 4.78 is 35.4. The van der Waals surface area contributed by atoms with Gasteiger partial charge in [0.25, 0.3) is 6.43 Å². The minimum absolute atomic E-state index is 0.0893. The third-order valence-electron chi connectivity index (χ3n) is 2.43. The highest BCUT2D eigenvalue weighted by Gasteiger charge is 2.26. The van der Waals surface area contributed by atoms with Crippen LogP contribution in [0, 0.1) is 0 Å². The van der Waals surface area contributed by atoms with Gasteiger partial charge >= 0.3 is 0 Å². The van der Waals surface area contributed by atoms with Crippen molar-refractivity contribution < 1.29 is 18.3 Å². The van der Waals surface area contributed by atoms with Crippen LogP contribution < -0.4 is 15.2 Å². The topological polar surface area (TPSA) is 44.5 Å². The van der Waals surface area contributed by atoms with Crippen LogP contribution in [-0.2, 0) is 0 Å². The summed E-state index contributed by atoms with van der Waals surface area (Å²) in [6.07, 6.45) is -2.84. The van der Waals surface area contributed by atoms with Gasteiger partial charge in [0.15, 0.2) is 11.5 Å². The number of alkyl halides is 2. The number of hydrogen-bond donors (Lipinski definition) is 1. The van der Waals surface area contributed by atoms with Crippen molar-refractivity contribution in [1.29, 1.82) is 0 Å². The molecule has 2 N–H and O–H groups in total. The number of ether oxygens (including phenoxy) is 2. The van der Waals surface area contributed by atoms with E-state index in [-0.39, 0.29) is 13.0 Å². The van der Waals surface area contributed by atoms with Gasteiger partial charge in [0.05, 0.1) is 6.04 Å². The van der Waals surface area contributed by atoms with Gasteiger partial charge in [-0.25, -0.2) is 8.78 Å². The molecule has 16 heavy (non-hydrogen) atoms. The molecule has 0 spiro atoms. The second kappa shape index (κ2) is 4.65. The molecule has 0 radical (unpaired) electrons. The third-order valence-corrected chi connectivity index (χ3v) is 2.43. The van der Waals surface area contributed by atoms with Crippen molar-refractivity contribution in [3.8, 4) is 11.5 Å². The van der Waals surface area contributed by atoms with Crippen molar-refractivity contribution in [3.63, 3.8) is 0 Å². The zero-order valence-electron chi connectivity index (χ0n) is 8.61. The maximum absolute atomic E-state index is 12.3. The number of para-hydroxylation sites is 2. The Kier molecular flexibility index (Phi) is 3.24. The van der Waals surface area contributed by atoms with Gasteiger partial charge < -0.3 is 15.2 Å². The molecule has 2 atom stereocenters. The predicted molar refractivity (Wildman–Crippen MR) is 54.9 cm³/mol. The predicted octanol–water partition coefficient (Wildman–Crippen LogP) is 1.81. The maximum Gasteiger partial charge on any atom is 0.253 e. The lowest BCUT2D eigenvalue weighted by Gasteiger charge is -2.27. The quantitative estimate of drug-likeness (QED) is 0.859. The molecule has 0 fully saturated rings. The number of benzene rings is 1. The number of rotatable bonds is 3. The van der Waals surface area contributed by atoms with Gasteiger partial charge in [0.1, 0.15) is 12.7 Å². The van der Waals surface area contributed by atoms with Crippen molar-refractivity contribution in [3.05, 3.63) is 24.3 Å². The highest BCUT2D eigenvalue weighted by atomic mass is 19.3. The lowest BCUT2D eigenvalue weighted by Crippen LogP contribution is -2.39. The van der Waals surface area contributed by atoms with E-state index in [1.807, 2.05) is 6.07 Å². The summed E-state index contributed by atoms with van der Waals surface area (Å²) in [6.45, 7) is 0.261. The first-order valence-electron chi connectivity index (χ1n) is 5.09. The first-order valence-corrected chi connectivity index (χ1v) is 5.09. The summed E-state index contributed by atoms with van der Waals surface area (Å²) in [5, 5.41) is 0. The Balaban J connectivity index is 1.98. The van der Waals surface area contributed by atoms with Gasteiger partial charge in [-0.3, -0.25) is 0 Å². The monoisotopic (exact) mass is 229 g/mol. The smallest absolute Gasteiger partial charge is 0.253 e. The van der Waals surface area contributed by atoms with Gasteiger partial charge in [0.2, 0.25) is 0 Å². The van der Waals surface area contributed by atoms with E-state index in [1.165, 1.54) is 0 Å². The molecule has 2 rings (SSSR count). The second-order valence-electron chi connectivity index (χ2n) is 3.73. The van der Waals surface area contributed by atoms with E-state index in [0.717, 1.165) is 0 Å². The molecule has 1 aliphatic heterocycles. The van der Waals surface area contributed by atoms with E-state index in [0.29, 0.717) is 11.5 Å². The van der Waals surface area contributed by atoms with Gasteiger partial charge in [-0.2, -0.15) is 0 Å². The Labute approximate surface area is 92.1 Å². The molecule has 2 unspecified atom stereocenters. The van der Waals surface area contributed by atoms with Crippen LogP contribution in [0.2, 0.25) is 0 Å². The van der Waals surface area contributed by atoms with Crippen molar-refractivity contribution in [2.75, 3.05) is 6.61 Å².